The number of ether oxygens (including phenoxy) is 2. The molecule has 0 saturated heterocycles. The van der Waals surface area contributed by atoms with E-state index >= 15 is 0 Å². The van der Waals surface area contributed by atoms with Crippen LogP contribution < -0.4 is 9.47 Å². The van der Waals surface area contributed by atoms with E-state index in [1.807, 2.05) is 35.6 Å². The third-order valence-corrected chi connectivity index (χ3v) is 7.90. The summed E-state index contributed by atoms with van der Waals surface area (Å²) in [7, 11) is 3.40. The van der Waals surface area contributed by atoms with Gasteiger partial charge in [-0.2, -0.15) is 0 Å². The lowest BCUT2D eigenvalue weighted by Gasteiger charge is -2.13. The molecule has 4 rings (SSSR count). The summed E-state index contributed by atoms with van der Waals surface area (Å²) in [6.45, 7) is 8.97. The Morgan fingerprint density at radius 2 is 1.14 bits per heavy atom. The maximum Gasteiger partial charge on any atom is 0.118 e. The largest absolute Gasteiger partial charge is 0.497 e. The summed E-state index contributed by atoms with van der Waals surface area (Å²) in [5.41, 5.74) is 7.32. The third-order valence-electron chi connectivity index (χ3n) is 6.48. The summed E-state index contributed by atoms with van der Waals surface area (Å²) in [5, 5.41) is 0. The van der Waals surface area contributed by atoms with Crippen molar-refractivity contribution >= 4 is 34.6 Å². The Labute approximate surface area is 225 Å². The molecule has 1 heterocycles. The van der Waals surface area contributed by atoms with Crippen molar-refractivity contribution < 1.29 is 9.47 Å². The van der Waals surface area contributed by atoms with Gasteiger partial charge in [0.05, 0.1) is 14.2 Å². The van der Waals surface area contributed by atoms with E-state index in [-0.39, 0.29) is 0 Å². The molecule has 4 aromatic rings. The van der Waals surface area contributed by atoms with Crippen LogP contribution in [0.4, 0.5) is 0 Å². The Morgan fingerprint density at radius 1 is 0.622 bits per heavy atom. The van der Waals surface area contributed by atoms with Crippen LogP contribution in [0.1, 0.15) is 65.6 Å². The van der Waals surface area contributed by atoms with Crippen molar-refractivity contribution in [3.8, 4) is 11.5 Å². The number of methoxy groups -OCH3 is 2. The van der Waals surface area contributed by atoms with Gasteiger partial charge in [0, 0.05) is 9.75 Å². The van der Waals surface area contributed by atoms with Crippen molar-refractivity contribution in [2.45, 2.75) is 33.6 Å². The van der Waals surface area contributed by atoms with E-state index in [1.54, 1.807) is 14.2 Å². The maximum atomic E-state index is 5.38. The number of hydrogen-bond donors (Lipinski definition) is 0. The van der Waals surface area contributed by atoms with Gasteiger partial charge in [-0.15, -0.1) is 11.3 Å². The molecular weight excluding hydrogens is 472 g/mol. The monoisotopic (exact) mass is 508 g/mol. The second kappa shape index (κ2) is 12.1. The molecule has 0 spiro atoms. The number of benzene rings is 3. The predicted octanol–water partition coefficient (Wildman–Crippen LogP) is 9.67. The number of allylic oxidation sites excluding steroid dienone is 1. The van der Waals surface area contributed by atoms with Crippen LogP contribution in [0.25, 0.3) is 23.3 Å². The summed E-state index contributed by atoms with van der Waals surface area (Å²) >= 11 is 1.87. The Bertz CT molecular complexity index is 1350. The van der Waals surface area contributed by atoms with Gasteiger partial charge in [0.2, 0.25) is 0 Å². The van der Waals surface area contributed by atoms with Crippen molar-refractivity contribution in [3.63, 3.8) is 0 Å². The van der Waals surface area contributed by atoms with Gasteiger partial charge in [0.15, 0.2) is 0 Å². The zero-order valence-electron chi connectivity index (χ0n) is 22.6. The Kier molecular flexibility index (Phi) is 8.68. The van der Waals surface area contributed by atoms with Gasteiger partial charge in [0.1, 0.15) is 11.5 Å². The summed E-state index contributed by atoms with van der Waals surface area (Å²) in [5.74, 6) is 2.67. The van der Waals surface area contributed by atoms with E-state index < -0.39 is 0 Å². The topological polar surface area (TPSA) is 18.5 Å². The molecule has 3 heteroatoms. The number of hydrogen-bond acceptors (Lipinski definition) is 3. The van der Waals surface area contributed by atoms with E-state index in [9.17, 15) is 0 Å². The van der Waals surface area contributed by atoms with Crippen LogP contribution >= 0.6 is 11.3 Å². The van der Waals surface area contributed by atoms with Crippen molar-refractivity contribution in [3.05, 3.63) is 117 Å². The van der Waals surface area contributed by atoms with E-state index in [2.05, 4.69) is 101 Å². The predicted molar refractivity (Wildman–Crippen MR) is 161 cm³/mol. The minimum atomic E-state index is 0.406. The molecule has 0 radical (unpaired) electrons. The van der Waals surface area contributed by atoms with Crippen molar-refractivity contribution in [2.75, 3.05) is 14.2 Å². The summed E-state index contributed by atoms with van der Waals surface area (Å²) < 4.78 is 10.7. The molecule has 0 fully saturated rings. The first-order valence-corrected chi connectivity index (χ1v) is 13.6. The highest BCUT2D eigenvalue weighted by atomic mass is 32.1. The van der Waals surface area contributed by atoms with E-state index in [0.717, 1.165) is 11.5 Å². The molecule has 0 N–H and O–H groups in total. The molecule has 0 aliphatic carbocycles. The SMILES string of the molecule is COc1ccc(/C(=C\c2ccc(/C=C(\c3ccc(OC)cc3)c3ccc(C(C)C)s3)cc2)C(C)C)cc1. The lowest BCUT2D eigenvalue weighted by molar-refractivity contribution is 0.414. The van der Waals surface area contributed by atoms with Crippen LogP contribution in [0.5, 0.6) is 11.5 Å². The van der Waals surface area contributed by atoms with Crippen molar-refractivity contribution in [1.29, 1.82) is 0 Å². The standard InChI is InChI=1S/C34H36O2S/c1-23(2)31(27-11-15-29(35-5)16-12-27)21-25-7-9-26(10-8-25)22-32(28-13-17-30(36-6)18-14-28)34-20-19-33(37-34)24(3)4/h7-24H,1-6H3/b31-21-,32-22+. The van der Waals surface area contributed by atoms with Gasteiger partial charge in [0.25, 0.3) is 0 Å². The minimum Gasteiger partial charge on any atom is -0.497 e. The van der Waals surface area contributed by atoms with Gasteiger partial charge in [-0.05, 0) is 87.7 Å². The molecule has 190 valence electrons. The second-order valence-corrected chi connectivity index (χ2v) is 10.9. The highest BCUT2D eigenvalue weighted by Gasteiger charge is 2.12. The molecule has 0 saturated carbocycles. The second-order valence-electron chi connectivity index (χ2n) is 9.79. The van der Waals surface area contributed by atoms with E-state index in [1.165, 1.54) is 43.2 Å². The highest BCUT2D eigenvalue weighted by molar-refractivity contribution is 7.13. The van der Waals surface area contributed by atoms with Crippen LogP contribution in [0.2, 0.25) is 0 Å². The van der Waals surface area contributed by atoms with E-state index in [4.69, 9.17) is 9.47 Å². The first-order chi connectivity index (χ1) is 17.9. The molecule has 0 amide bonds. The quantitative estimate of drug-likeness (QED) is 0.210. The van der Waals surface area contributed by atoms with Gasteiger partial charge >= 0.3 is 0 Å². The first-order valence-electron chi connectivity index (χ1n) is 12.8. The Hall–Kier alpha value is -3.56. The average molecular weight is 509 g/mol. The van der Waals surface area contributed by atoms with E-state index in [0.29, 0.717) is 11.8 Å². The fourth-order valence-corrected chi connectivity index (χ4v) is 5.33. The summed E-state index contributed by atoms with van der Waals surface area (Å²) in [4.78, 5) is 2.68. The summed E-state index contributed by atoms with van der Waals surface area (Å²) in [6, 6.07) is 30.0. The zero-order valence-corrected chi connectivity index (χ0v) is 23.4. The molecular formula is C34H36O2S. The van der Waals surface area contributed by atoms with Gasteiger partial charge in [-0.25, -0.2) is 0 Å². The Morgan fingerprint density at radius 3 is 1.59 bits per heavy atom. The van der Waals surface area contributed by atoms with Gasteiger partial charge in [-0.3, -0.25) is 0 Å². The molecule has 0 atom stereocenters. The van der Waals surface area contributed by atoms with Crippen LogP contribution in [-0.2, 0) is 0 Å². The van der Waals surface area contributed by atoms with Crippen molar-refractivity contribution in [1.82, 2.24) is 0 Å². The number of thiophene rings is 1. The number of rotatable bonds is 9. The van der Waals surface area contributed by atoms with Gasteiger partial charge in [-0.1, -0.05) is 82.3 Å². The lowest BCUT2D eigenvalue weighted by Crippen LogP contribution is -1.94. The maximum absolute atomic E-state index is 5.38. The Balaban J connectivity index is 1.68. The molecule has 3 aromatic carbocycles. The zero-order chi connectivity index (χ0) is 26.4. The minimum absolute atomic E-state index is 0.406. The molecule has 1 aromatic heterocycles. The normalized spacial score (nSPS) is 12.3. The van der Waals surface area contributed by atoms with Crippen LogP contribution in [0.3, 0.4) is 0 Å². The van der Waals surface area contributed by atoms with Crippen LogP contribution in [0, 0.1) is 5.92 Å². The summed E-state index contributed by atoms with van der Waals surface area (Å²) in [6.07, 6.45) is 4.58. The fraction of sp³-hybridized carbons (Fsp3) is 0.235. The fourth-order valence-electron chi connectivity index (χ4n) is 4.28. The molecule has 0 aliphatic rings. The highest BCUT2D eigenvalue weighted by Crippen LogP contribution is 2.35. The van der Waals surface area contributed by atoms with Crippen LogP contribution in [0.15, 0.2) is 84.9 Å². The van der Waals surface area contributed by atoms with Crippen LogP contribution in [-0.4, -0.2) is 14.2 Å². The first kappa shape index (κ1) is 26.5. The third kappa shape index (κ3) is 6.61. The molecule has 0 bridgehead atoms. The lowest BCUT2D eigenvalue weighted by atomic mass is 9.93. The molecule has 0 unspecified atom stereocenters. The molecule has 37 heavy (non-hydrogen) atoms. The smallest absolute Gasteiger partial charge is 0.118 e. The molecule has 0 aliphatic heterocycles. The van der Waals surface area contributed by atoms with Gasteiger partial charge < -0.3 is 9.47 Å². The average Bonchev–Trinajstić information content (AvgIpc) is 3.42. The van der Waals surface area contributed by atoms with Crippen molar-refractivity contribution in [2.24, 2.45) is 5.92 Å². The molecule has 2 nitrogen and oxygen atoms in total.